The number of nitrogens with one attached hydrogen (secondary N) is 2. The van der Waals surface area contributed by atoms with E-state index in [4.69, 9.17) is 9.47 Å². The van der Waals surface area contributed by atoms with Gasteiger partial charge in [0.25, 0.3) is 0 Å². The molecule has 21 heavy (non-hydrogen) atoms. The number of carbonyl (C=O) groups excluding carboxylic acids is 1. The van der Waals surface area contributed by atoms with Gasteiger partial charge in [0.1, 0.15) is 0 Å². The van der Waals surface area contributed by atoms with Crippen molar-refractivity contribution in [1.29, 1.82) is 0 Å². The molecule has 0 aliphatic carbocycles. The van der Waals surface area contributed by atoms with Gasteiger partial charge in [0, 0.05) is 33.7 Å². The molecule has 0 fully saturated rings. The molecule has 1 aliphatic heterocycles. The number of aliphatic hydroxyl groups excluding tert-OH is 1. The Labute approximate surface area is 123 Å². The molecule has 1 atom stereocenters. The van der Waals surface area contributed by atoms with E-state index in [1.807, 2.05) is 6.07 Å². The maximum absolute atomic E-state index is 11.3. The number of benzene rings is 1. The van der Waals surface area contributed by atoms with E-state index in [0.717, 1.165) is 5.56 Å². The van der Waals surface area contributed by atoms with Gasteiger partial charge in [-0.15, -0.1) is 0 Å². The quantitative estimate of drug-likeness (QED) is 0.658. The number of nitrogens with zero attached hydrogens (tertiary/aromatic N) is 1. The molecule has 1 unspecified atom stereocenters. The highest BCUT2D eigenvalue weighted by Crippen LogP contribution is 2.33. The molecule has 0 aromatic heterocycles. The van der Waals surface area contributed by atoms with Crippen molar-refractivity contribution in [1.82, 2.24) is 15.5 Å². The van der Waals surface area contributed by atoms with Crippen LogP contribution in [0.25, 0.3) is 0 Å². The maximum Gasteiger partial charge on any atom is 0.316 e. The van der Waals surface area contributed by atoms with Crippen molar-refractivity contribution in [3.05, 3.63) is 23.8 Å². The van der Waals surface area contributed by atoms with Gasteiger partial charge in [-0.05, 0) is 17.7 Å². The molecule has 0 spiro atoms. The molecular formula is C14H21N3O4. The summed E-state index contributed by atoms with van der Waals surface area (Å²) in [5, 5.41) is 15.9. The van der Waals surface area contributed by atoms with Gasteiger partial charge < -0.3 is 30.1 Å². The second kappa shape index (κ2) is 7.14. The third-order valence-electron chi connectivity index (χ3n) is 3.10. The summed E-state index contributed by atoms with van der Waals surface area (Å²) in [7, 11) is 3.37. The minimum Gasteiger partial charge on any atom is -0.454 e. The molecule has 1 aliphatic rings. The van der Waals surface area contributed by atoms with Crippen molar-refractivity contribution in [2.45, 2.75) is 6.10 Å². The number of carbonyl (C=O) groups is 1. The Bertz CT molecular complexity index is 493. The lowest BCUT2D eigenvalue weighted by molar-refractivity contribution is 0.170. The Morgan fingerprint density at radius 3 is 2.86 bits per heavy atom. The van der Waals surface area contributed by atoms with Crippen molar-refractivity contribution >= 4 is 6.03 Å². The zero-order chi connectivity index (χ0) is 15.2. The van der Waals surface area contributed by atoms with E-state index in [1.54, 1.807) is 26.2 Å². The van der Waals surface area contributed by atoms with Crippen LogP contribution in [0.3, 0.4) is 0 Å². The second-order valence-corrected chi connectivity index (χ2v) is 4.96. The average Bonchev–Trinajstić information content (AvgIpc) is 2.93. The lowest BCUT2D eigenvalue weighted by Gasteiger charge is -2.14. The number of hydrogen-bond donors (Lipinski definition) is 3. The maximum atomic E-state index is 11.3. The lowest BCUT2D eigenvalue weighted by Crippen LogP contribution is -2.39. The number of urea groups is 1. The van der Waals surface area contributed by atoms with Crippen LogP contribution in [0.2, 0.25) is 0 Å². The van der Waals surface area contributed by atoms with Gasteiger partial charge in [0.05, 0.1) is 6.10 Å². The Hall–Kier alpha value is -1.99. The van der Waals surface area contributed by atoms with Crippen molar-refractivity contribution in [3.8, 4) is 11.5 Å². The second-order valence-electron chi connectivity index (χ2n) is 4.96. The Balaban J connectivity index is 1.70. The molecule has 116 valence electrons. The van der Waals surface area contributed by atoms with Crippen molar-refractivity contribution < 1.29 is 19.4 Å². The molecule has 2 amide bonds. The highest BCUT2D eigenvalue weighted by molar-refractivity contribution is 5.73. The predicted octanol–water partition coefficient (Wildman–Crippen LogP) is 0.309. The molecular weight excluding hydrogens is 274 g/mol. The minimum absolute atomic E-state index is 0.131. The average molecular weight is 295 g/mol. The third-order valence-corrected chi connectivity index (χ3v) is 3.10. The number of hydrogen-bond acceptors (Lipinski definition) is 5. The predicted molar refractivity (Wildman–Crippen MR) is 77.5 cm³/mol. The Morgan fingerprint density at radius 2 is 2.10 bits per heavy atom. The molecule has 0 saturated heterocycles. The number of rotatable bonds is 6. The van der Waals surface area contributed by atoms with Crippen LogP contribution in [-0.4, -0.2) is 56.6 Å². The summed E-state index contributed by atoms with van der Waals surface area (Å²) in [5.41, 5.74) is 0.768. The van der Waals surface area contributed by atoms with Gasteiger partial charge in [0.15, 0.2) is 11.5 Å². The molecule has 7 heteroatoms. The molecule has 7 nitrogen and oxygen atoms in total. The van der Waals surface area contributed by atoms with E-state index >= 15 is 0 Å². The summed E-state index contributed by atoms with van der Waals surface area (Å²) in [6.45, 7) is 1.71. The smallest absolute Gasteiger partial charge is 0.316 e. The van der Waals surface area contributed by atoms with E-state index in [2.05, 4.69) is 10.6 Å². The van der Waals surface area contributed by atoms with Crippen LogP contribution in [0.5, 0.6) is 11.5 Å². The monoisotopic (exact) mass is 295 g/mol. The zero-order valence-electron chi connectivity index (χ0n) is 12.3. The third kappa shape index (κ3) is 4.24. The first kappa shape index (κ1) is 15.4. The zero-order valence-corrected chi connectivity index (χ0v) is 12.3. The summed E-state index contributed by atoms with van der Waals surface area (Å²) >= 11 is 0. The summed E-state index contributed by atoms with van der Waals surface area (Å²) in [4.78, 5) is 12.8. The molecule has 1 heterocycles. The number of aliphatic hydroxyl groups is 1. The SMILES string of the molecule is CN(C)C(=O)NCCNCC(O)c1ccc2c(c1)OCO2. The highest BCUT2D eigenvalue weighted by Gasteiger charge is 2.16. The first-order valence-electron chi connectivity index (χ1n) is 6.81. The largest absolute Gasteiger partial charge is 0.454 e. The Kier molecular flexibility index (Phi) is 5.24. The highest BCUT2D eigenvalue weighted by atomic mass is 16.7. The topological polar surface area (TPSA) is 83.1 Å². The van der Waals surface area contributed by atoms with E-state index in [1.165, 1.54) is 4.90 Å². The molecule has 3 N–H and O–H groups in total. The molecule has 0 bridgehead atoms. The standard InChI is InChI=1S/C14H21N3O4/c1-17(2)14(19)16-6-5-15-8-11(18)10-3-4-12-13(7-10)21-9-20-12/h3-4,7,11,15,18H,5-6,8-9H2,1-2H3,(H,16,19). The molecule has 1 aromatic rings. The van der Waals surface area contributed by atoms with Gasteiger partial charge in [0.2, 0.25) is 6.79 Å². The fourth-order valence-electron chi connectivity index (χ4n) is 1.89. The van der Waals surface area contributed by atoms with Crippen LogP contribution >= 0.6 is 0 Å². The number of fused-ring (bicyclic) bond motifs is 1. The Morgan fingerprint density at radius 1 is 1.33 bits per heavy atom. The van der Waals surface area contributed by atoms with E-state index in [0.29, 0.717) is 31.1 Å². The minimum atomic E-state index is -0.635. The van der Waals surface area contributed by atoms with Crippen LogP contribution < -0.4 is 20.1 Å². The van der Waals surface area contributed by atoms with E-state index in [9.17, 15) is 9.90 Å². The van der Waals surface area contributed by atoms with E-state index in [-0.39, 0.29) is 12.8 Å². The van der Waals surface area contributed by atoms with Crippen LogP contribution in [0.15, 0.2) is 18.2 Å². The van der Waals surface area contributed by atoms with Gasteiger partial charge in [-0.3, -0.25) is 0 Å². The molecule has 1 aromatic carbocycles. The van der Waals surface area contributed by atoms with Crippen LogP contribution in [0.1, 0.15) is 11.7 Å². The van der Waals surface area contributed by atoms with Gasteiger partial charge in [-0.25, -0.2) is 4.79 Å². The summed E-state index contributed by atoms with van der Waals surface area (Å²) in [6.07, 6.45) is -0.635. The first-order chi connectivity index (χ1) is 10.1. The van der Waals surface area contributed by atoms with Crippen LogP contribution in [-0.2, 0) is 0 Å². The van der Waals surface area contributed by atoms with Crippen molar-refractivity contribution in [3.63, 3.8) is 0 Å². The molecule has 2 rings (SSSR count). The fraction of sp³-hybridized carbons (Fsp3) is 0.500. The first-order valence-corrected chi connectivity index (χ1v) is 6.81. The van der Waals surface area contributed by atoms with Gasteiger partial charge >= 0.3 is 6.03 Å². The van der Waals surface area contributed by atoms with Crippen molar-refractivity contribution in [2.24, 2.45) is 0 Å². The normalized spacial score (nSPS) is 13.9. The van der Waals surface area contributed by atoms with Gasteiger partial charge in [-0.1, -0.05) is 6.07 Å². The summed E-state index contributed by atoms with van der Waals surface area (Å²) in [5.74, 6) is 1.36. The van der Waals surface area contributed by atoms with Gasteiger partial charge in [-0.2, -0.15) is 0 Å². The van der Waals surface area contributed by atoms with Crippen LogP contribution in [0, 0.1) is 0 Å². The van der Waals surface area contributed by atoms with Crippen molar-refractivity contribution in [2.75, 3.05) is 40.5 Å². The lowest BCUT2D eigenvalue weighted by atomic mass is 10.1. The van der Waals surface area contributed by atoms with E-state index < -0.39 is 6.10 Å². The van der Waals surface area contributed by atoms with Crippen LogP contribution in [0.4, 0.5) is 4.79 Å². The number of ether oxygens (including phenoxy) is 2. The molecule has 0 radical (unpaired) electrons. The fourth-order valence-corrected chi connectivity index (χ4v) is 1.89. The summed E-state index contributed by atoms with van der Waals surface area (Å²) in [6, 6.07) is 5.25. The molecule has 0 saturated carbocycles. The summed E-state index contributed by atoms with van der Waals surface area (Å²) < 4.78 is 10.5. The number of amides is 2.